The Bertz CT molecular complexity index is 1710. The van der Waals surface area contributed by atoms with E-state index in [9.17, 15) is 43.5 Å². The summed E-state index contributed by atoms with van der Waals surface area (Å²) in [6.45, 7) is -1.15. The largest absolute Gasteiger partial charge is 0.480 e. The molecule has 1 aromatic heterocycles. The van der Waals surface area contributed by atoms with Crippen molar-refractivity contribution in [3.05, 3.63) is 36.0 Å². The van der Waals surface area contributed by atoms with Crippen LogP contribution in [0.15, 0.2) is 30.5 Å². The molecule has 21 N–H and O–H groups in total. The van der Waals surface area contributed by atoms with Crippen LogP contribution in [0, 0.1) is 0 Å². The predicted octanol–water partition coefficient (Wildman–Crippen LogP) is -6.48. The van der Waals surface area contributed by atoms with Crippen molar-refractivity contribution in [3.63, 3.8) is 0 Å². The van der Waals surface area contributed by atoms with Crippen molar-refractivity contribution in [2.45, 2.75) is 74.8 Å². The molecule has 0 aliphatic rings. The fourth-order valence-electron chi connectivity index (χ4n) is 5.77. The van der Waals surface area contributed by atoms with Gasteiger partial charge in [0, 0.05) is 23.5 Å². The number of rotatable bonds is 27. The summed E-state index contributed by atoms with van der Waals surface area (Å²) in [6.07, 6.45) is 1.30. The van der Waals surface area contributed by atoms with Crippen molar-refractivity contribution in [2.75, 3.05) is 45.8 Å². The Morgan fingerprint density at radius 1 is 0.534 bits per heavy atom. The summed E-state index contributed by atoms with van der Waals surface area (Å²) in [5, 5.41) is 27.6. The van der Waals surface area contributed by atoms with Gasteiger partial charge in [0.2, 0.25) is 41.4 Å². The minimum absolute atomic E-state index is 0.0318. The van der Waals surface area contributed by atoms with Gasteiger partial charge < -0.3 is 81.7 Å². The number of carbonyl (C=O) groups is 8. The van der Waals surface area contributed by atoms with Crippen LogP contribution in [0.3, 0.4) is 0 Å². The number of amides is 7. The number of aliphatic carboxylic acids is 1. The number of carboxylic acid groups (broad SMARTS) is 1. The number of carboxylic acids is 1. The Hall–Kier alpha value is -5.72. The van der Waals surface area contributed by atoms with Crippen molar-refractivity contribution in [1.29, 1.82) is 0 Å². The van der Waals surface area contributed by atoms with Crippen LogP contribution in [-0.2, 0) is 44.8 Å². The van der Waals surface area contributed by atoms with E-state index in [1.165, 1.54) is 0 Å². The van der Waals surface area contributed by atoms with Crippen molar-refractivity contribution in [3.8, 4) is 0 Å². The van der Waals surface area contributed by atoms with E-state index in [2.05, 4.69) is 42.2 Å². The van der Waals surface area contributed by atoms with Crippen LogP contribution in [0.4, 0.5) is 0 Å². The standard InChI is InChI=1S/C35H58N14O9/c36-10-5-22(44-28(50)16-41)30(52)43-18-29(51)45-23(6-11-37)31(53)46-25(8-13-39)33(55)49-27(15-19-17-42-21-4-2-1-3-20(19)21)34(56)47-24(7-12-38)32(54)48-26(9-14-40)35(57)58/h1-4,17,22-27,42H,5-16,18,36-41H2,(H,43,52)(H,44,50)(H,45,51)(H,46,53)(H,47,56)(H,48,54)(H,49,55)(H,57,58)/t22-,23-,24-,25-,26-,27-/m0/s1. The smallest absolute Gasteiger partial charge is 0.326 e. The van der Waals surface area contributed by atoms with Crippen LogP contribution in [0.1, 0.15) is 37.7 Å². The van der Waals surface area contributed by atoms with Crippen LogP contribution < -0.4 is 71.6 Å². The number of nitrogens with two attached hydrogens (primary N) is 6. The molecule has 0 saturated heterocycles. The first kappa shape index (κ1) is 48.4. The highest BCUT2D eigenvalue weighted by molar-refractivity contribution is 5.97. The van der Waals surface area contributed by atoms with E-state index in [1.54, 1.807) is 24.4 Å². The van der Waals surface area contributed by atoms with Gasteiger partial charge in [-0.25, -0.2) is 4.79 Å². The maximum absolute atomic E-state index is 13.9. The third kappa shape index (κ3) is 15.7. The maximum atomic E-state index is 13.9. The summed E-state index contributed by atoms with van der Waals surface area (Å²) in [7, 11) is 0. The molecule has 7 amide bonds. The molecule has 0 saturated carbocycles. The third-order valence-electron chi connectivity index (χ3n) is 8.80. The van der Waals surface area contributed by atoms with Gasteiger partial charge in [0.15, 0.2) is 0 Å². The molecule has 23 heteroatoms. The second kappa shape index (κ2) is 25.5. The number of hydrogen-bond donors (Lipinski definition) is 15. The SMILES string of the molecule is NCC[C@H](NC(=O)[C@H](CCN)NC(=O)[C@H](Cc1c[nH]c2ccccc12)NC(=O)[C@H](CCN)NC(=O)[C@H](CCN)NC(=O)CNC(=O)[C@H](CCN)NC(=O)CN)C(=O)O. The van der Waals surface area contributed by atoms with Crippen LogP contribution in [0.25, 0.3) is 10.9 Å². The van der Waals surface area contributed by atoms with Crippen LogP contribution in [-0.4, -0.2) is 139 Å². The van der Waals surface area contributed by atoms with Gasteiger partial charge in [-0.2, -0.15) is 0 Å². The fourth-order valence-corrected chi connectivity index (χ4v) is 5.77. The molecule has 6 atom stereocenters. The molecular weight excluding hydrogens is 760 g/mol. The quantitative estimate of drug-likeness (QED) is 0.0399. The molecule has 0 radical (unpaired) electrons. The molecule has 0 unspecified atom stereocenters. The predicted molar refractivity (Wildman–Crippen MR) is 212 cm³/mol. The Kier molecular flexibility index (Phi) is 21.3. The average molecular weight is 819 g/mol. The molecule has 0 aliphatic heterocycles. The first-order valence-electron chi connectivity index (χ1n) is 18.8. The van der Waals surface area contributed by atoms with Gasteiger partial charge in [-0.15, -0.1) is 0 Å². The highest BCUT2D eigenvalue weighted by atomic mass is 16.4. The van der Waals surface area contributed by atoms with Gasteiger partial charge in [-0.3, -0.25) is 33.6 Å². The summed E-state index contributed by atoms with van der Waals surface area (Å²) < 4.78 is 0. The zero-order valence-electron chi connectivity index (χ0n) is 32.2. The van der Waals surface area contributed by atoms with Crippen LogP contribution >= 0.6 is 0 Å². The number of H-pyrrole nitrogens is 1. The Morgan fingerprint density at radius 3 is 1.45 bits per heavy atom. The molecule has 0 bridgehead atoms. The minimum atomic E-state index is -1.35. The van der Waals surface area contributed by atoms with Gasteiger partial charge in [-0.1, -0.05) is 18.2 Å². The second-order valence-corrected chi connectivity index (χ2v) is 13.2. The van der Waals surface area contributed by atoms with Crippen LogP contribution in [0.5, 0.6) is 0 Å². The molecule has 322 valence electrons. The first-order chi connectivity index (χ1) is 27.7. The highest BCUT2D eigenvalue weighted by Crippen LogP contribution is 2.19. The molecule has 58 heavy (non-hydrogen) atoms. The van der Waals surface area contributed by atoms with Crippen molar-refractivity contribution in [2.24, 2.45) is 34.4 Å². The lowest BCUT2D eigenvalue weighted by atomic mass is 10.0. The molecule has 2 rings (SSSR count). The highest BCUT2D eigenvalue weighted by Gasteiger charge is 2.33. The van der Waals surface area contributed by atoms with E-state index in [0.717, 1.165) is 10.9 Å². The van der Waals surface area contributed by atoms with Crippen molar-refractivity contribution < 1.29 is 43.5 Å². The summed E-state index contributed by atoms with van der Waals surface area (Å²) in [4.78, 5) is 106. The fraction of sp³-hybridized carbons (Fsp3) is 0.543. The summed E-state index contributed by atoms with van der Waals surface area (Å²) in [6, 6.07) is -0.407. The molecule has 1 heterocycles. The summed E-state index contributed by atoms with van der Waals surface area (Å²) >= 11 is 0. The topological polar surface area (TPSA) is 413 Å². The molecule has 1 aromatic carbocycles. The van der Waals surface area contributed by atoms with Gasteiger partial charge in [0.05, 0.1) is 13.1 Å². The minimum Gasteiger partial charge on any atom is -0.480 e. The molecule has 2 aromatic rings. The lowest BCUT2D eigenvalue weighted by molar-refractivity contribution is -0.142. The zero-order valence-corrected chi connectivity index (χ0v) is 32.2. The Balaban J connectivity index is 2.28. The van der Waals surface area contributed by atoms with Crippen LogP contribution in [0.2, 0.25) is 0 Å². The number of hydrogen-bond acceptors (Lipinski definition) is 14. The summed E-state index contributed by atoms with van der Waals surface area (Å²) in [5.74, 6) is -6.72. The first-order valence-corrected chi connectivity index (χ1v) is 18.8. The van der Waals surface area contributed by atoms with E-state index < -0.39 is 90.1 Å². The lowest BCUT2D eigenvalue weighted by Gasteiger charge is -2.27. The maximum Gasteiger partial charge on any atom is 0.326 e. The number of aromatic nitrogens is 1. The van der Waals surface area contributed by atoms with Gasteiger partial charge in [0.25, 0.3) is 0 Å². The molecule has 0 fully saturated rings. The second-order valence-electron chi connectivity index (χ2n) is 13.2. The number of carbonyl (C=O) groups excluding carboxylic acids is 7. The van der Waals surface area contributed by atoms with E-state index >= 15 is 0 Å². The molecule has 0 aliphatic carbocycles. The number of fused-ring (bicyclic) bond motifs is 1. The third-order valence-corrected chi connectivity index (χ3v) is 8.80. The van der Waals surface area contributed by atoms with E-state index in [-0.39, 0.29) is 77.8 Å². The van der Waals surface area contributed by atoms with Crippen molar-refractivity contribution >= 4 is 58.2 Å². The van der Waals surface area contributed by atoms with E-state index in [4.69, 9.17) is 34.4 Å². The number of para-hydroxylation sites is 1. The Morgan fingerprint density at radius 2 is 0.948 bits per heavy atom. The Labute approximate surface area is 334 Å². The zero-order chi connectivity index (χ0) is 43.2. The average Bonchev–Trinajstić information content (AvgIpc) is 3.60. The van der Waals surface area contributed by atoms with Crippen molar-refractivity contribution in [1.82, 2.24) is 42.2 Å². The van der Waals surface area contributed by atoms with E-state index in [1.807, 2.05) is 6.07 Å². The normalized spacial score (nSPS) is 14.1. The molecule has 23 nitrogen and oxygen atoms in total. The summed E-state index contributed by atoms with van der Waals surface area (Å²) in [5.41, 5.74) is 34.9. The van der Waals surface area contributed by atoms with Gasteiger partial charge in [0.1, 0.15) is 36.3 Å². The number of aromatic amines is 1. The van der Waals surface area contributed by atoms with Gasteiger partial charge >= 0.3 is 5.97 Å². The number of benzene rings is 1. The monoisotopic (exact) mass is 818 g/mol. The van der Waals surface area contributed by atoms with Gasteiger partial charge in [-0.05, 0) is 76.5 Å². The number of nitrogens with one attached hydrogen (secondary N) is 8. The lowest BCUT2D eigenvalue weighted by Crippen LogP contribution is -2.60. The molecule has 0 spiro atoms. The van der Waals surface area contributed by atoms with E-state index in [0.29, 0.717) is 5.56 Å². The molecular formula is C35H58N14O9.